The molecular weight excluding hydrogens is 516 g/mol. The highest BCUT2D eigenvalue weighted by molar-refractivity contribution is 5.75. The van der Waals surface area contributed by atoms with E-state index in [2.05, 4.69) is 23.3 Å². The smallest absolute Gasteiger partial charge is 0.313 e. The van der Waals surface area contributed by atoms with Gasteiger partial charge in [0.2, 0.25) is 0 Å². The van der Waals surface area contributed by atoms with Gasteiger partial charge in [-0.15, -0.1) is 5.10 Å². The number of hydrogen-bond acceptors (Lipinski definition) is 7. The molecule has 0 aliphatic carbocycles. The van der Waals surface area contributed by atoms with Crippen molar-refractivity contribution in [1.82, 2.24) is 24.5 Å². The lowest BCUT2D eigenvalue weighted by Crippen LogP contribution is -2.30. The van der Waals surface area contributed by atoms with Crippen LogP contribution < -0.4 is 5.56 Å². The van der Waals surface area contributed by atoms with Crippen molar-refractivity contribution in [2.45, 2.75) is 73.6 Å². The van der Waals surface area contributed by atoms with Crippen molar-refractivity contribution in [2.24, 2.45) is 5.41 Å². The Bertz CT molecular complexity index is 1620. The van der Waals surface area contributed by atoms with Gasteiger partial charge in [-0.1, -0.05) is 61.0 Å². The molecule has 0 unspecified atom stereocenters. The Balaban J connectivity index is 1.59. The molecule has 0 aliphatic rings. The fourth-order valence-electron chi connectivity index (χ4n) is 4.46. The highest BCUT2D eigenvalue weighted by Crippen LogP contribution is 2.24. The summed E-state index contributed by atoms with van der Waals surface area (Å²) >= 11 is 0. The van der Waals surface area contributed by atoms with Gasteiger partial charge in [-0.3, -0.25) is 14.2 Å². The Hall–Kier alpha value is -4.58. The van der Waals surface area contributed by atoms with E-state index >= 15 is 0 Å². The number of aryl methyl sites for hydroxylation is 2. The standard InChI is InChI=1S/C32H36N6O3/c1-6-7-12-29-34-22(2)28(17-26-20-37(36-35-26)21-41-31(40)32(3,4)5)30(39)38(29)19-23-13-15-24(16-14-23)27-11-9-8-10-25(27)18-33/h8-11,13-16,20H,6-7,12,17,19,21H2,1-5H3. The molecule has 0 fully saturated rings. The third-order valence-corrected chi connectivity index (χ3v) is 6.84. The highest BCUT2D eigenvalue weighted by Gasteiger charge is 2.23. The van der Waals surface area contributed by atoms with Crippen LogP contribution >= 0.6 is 0 Å². The Labute approximate surface area is 240 Å². The van der Waals surface area contributed by atoms with Crippen LogP contribution in [0.3, 0.4) is 0 Å². The minimum atomic E-state index is -0.613. The van der Waals surface area contributed by atoms with E-state index in [1.54, 1.807) is 37.6 Å². The molecule has 4 rings (SSSR count). The number of carbonyl (C=O) groups excluding carboxylic acids is 1. The highest BCUT2D eigenvalue weighted by atomic mass is 16.5. The maximum atomic E-state index is 13.8. The number of benzene rings is 2. The van der Waals surface area contributed by atoms with Crippen LogP contribution in [-0.4, -0.2) is 30.5 Å². The number of nitriles is 1. The normalized spacial score (nSPS) is 11.3. The number of aromatic nitrogens is 5. The molecule has 9 heteroatoms. The number of carbonyl (C=O) groups is 1. The van der Waals surface area contributed by atoms with Gasteiger partial charge in [0.1, 0.15) is 5.82 Å². The van der Waals surface area contributed by atoms with Crippen LogP contribution in [0.15, 0.2) is 59.5 Å². The predicted molar refractivity (Wildman–Crippen MR) is 156 cm³/mol. The molecule has 0 amide bonds. The number of unbranched alkanes of at least 4 members (excludes halogenated alkanes) is 1. The summed E-state index contributed by atoms with van der Waals surface area (Å²) in [5.74, 6) is 0.428. The molecule has 0 radical (unpaired) electrons. The largest absolute Gasteiger partial charge is 0.442 e. The minimum Gasteiger partial charge on any atom is -0.442 e. The maximum absolute atomic E-state index is 13.8. The molecule has 2 aromatic carbocycles. The SMILES string of the molecule is CCCCc1nc(C)c(Cc2cn(COC(=O)C(C)(C)C)nn2)c(=O)n1Cc1ccc(-c2ccccc2C#N)cc1. The van der Waals surface area contributed by atoms with Gasteiger partial charge in [0.25, 0.3) is 5.56 Å². The average molecular weight is 553 g/mol. The Morgan fingerprint density at radius 3 is 2.51 bits per heavy atom. The lowest BCUT2D eigenvalue weighted by molar-refractivity contribution is -0.157. The van der Waals surface area contributed by atoms with E-state index in [1.807, 2.05) is 49.4 Å². The number of nitrogens with zero attached hydrogens (tertiary/aromatic N) is 6. The molecule has 0 N–H and O–H groups in total. The molecule has 0 aliphatic heterocycles. The molecular formula is C32H36N6O3. The fourth-order valence-corrected chi connectivity index (χ4v) is 4.46. The van der Waals surface area contributed by atoms with Gasteiger partial charge in [-0.05, 0) is 56.9 Å². The number of hydrogen-bond donors (Lipinski definition) is 0. The maximum Gasteiger partial charge on any atom is 0.313 e. The first kappa shape index (κ1) is 29.4. The van der Waals surface area contributed by atoms with Gasteiger partial charge in [0, 0.05) is 24.1 Å². The quantitative estimate of drug-likeness (QED) is 0.248. The van der Waals surface area contributed by atoms with Gasteiger partial charge in [-0.2, -0.15) is 5.26 Å². The second-order valence-corrected chi connectivity index (χ2v) is 11.2. The molecule has 2 heterocycles. The van der Waals surface area contributed by atoms with E-state index in [1.165, 1.54) is 4.68 Å². The molecule has 4 aromatic rings. The van der Waals surface area contributed by atoms with Crippen LogP contribution in [0.5, 0.6) is 0 Å². The monoisotopic (exact) mass is 552 g/mol. The molecule has 0 atom stereocenters. The molecule has 0 spiro atoms. The Morgan fingerprint density at radius 2 is 1.83 bits per heavy atom. The minimum absolute atomic E-state index is 0.0463. The number of rotatable bonds is 10. The molecule has 0 saturated carbocycles. The zero-order valence-corrected chi connectivity index (χ0v) is 24.3. The molecule has 41 heavy (non-hydrogen) atoms. The predicted octanol–water partition coefficient (Wildman–Crippen LogP) is 5.21. The summed E-state index contributed by atoms with van der Waals surface area (Å²) in [4.78, 5) is 30.8. The third kappa shape index (κ3) is 7.14. The van der Waals surface area contributed by atoms with Crippen molar-refractivity contribution in [3.8, 4) is 17.2 Å². The lowest BCUT2D eigenvalue weighted by atomic mass is 9.98. The molecule has 212 valence electrons. The summed E-state index contributed by atoms with van der Waals surface area (Å²) in [6.45, 7) is 9.67. The van der Waals surface area contributed by atoms with E-state index < -0.39 is 5.41 Å². The third-order valence-electron chi connectivity index (χ3n) is 6.84. The van der Waals surface area contributed by atoms with Gasteiger partial charge in [-0.25, -0.2) is 9.67 Å². The summed E-state index contributed by atoms with van der Waals surface area (Å²) in [5, 5.41) is 17.7. The molecule has 9 nitrogen and oxygen atoms in total. The van der Waals surface area contributed by atoms with Gasteiger partial charge < -0.3 is 4.74 Å². The van der Waals surface area contributed by atoms with E-state index in [-0.39, 0.29) is 24.7 Å². The van der Waals surface area contributed by atoms with E-state index in [9.17, 15) is 14.9 Å². The van der Waals surface area contributed by atoms with Crippen LogP contribution in [0, 0.1) is 23.7 Å². The topological polar surface area (TPSA) is 116 Å². The van der Waals surface area contributed by atoms with E-state index in [0.29, 0.717) is 35.5 Å². The first-order chi connectivity index (χ1) is 19.6. The van der Waals surface area contributed by atoms with Gasteiger partial charge in [0.15, 0.2) is 6.73 Å². The molecule has 0 bridgehead atoms. The first-order valence-electron chi connectivity index (χ1n) is 13.8. The van der Waals surface area contributed by atoms with Crippen molar-refractivity contribution in [3.05, 3.63) is 99.0 Å². The summed E-state index contributed by atoms with van der Waals surface area (Å²) in [7, 11) is 0. The van der Waals surface area contributed by atoms with Crippen LogP contribution in [0.2, 0.25) is 0 Å². The van der Waals surface area contributed by atoms with Gasteiger partial charge in [0.05, 0.1) is 35.5 Å². The van der Waals surface area contributed by atoms with Crippen molar-refractivity contribution in [2.75, 3.05) is 0 Å². The van der Waals surface area contributed by atoms with Crippen molar-refractivity contribution in [1.29, 1.82) is 5.26 Å². The summed E-state index contributed by atoms with van der Waals surface area (Å²) in [6, 6.07) is 17.7. The van der Waals surface area contributed by atoms with Crippen LogP contribution in [0.25, 0.3) is 11.1 Å². The average Bonchev–Trinajstić information content (AvgIpc) is 3.41. The second-order valence-electron chi connectivity index (χ2n) is 11.2. The van der Waals surface area contributed by atoms with Crippen LogP contribution in [0.4, 0.5) is 0 Å². The summed E-state index contributed by atoms with van der Waals surface area (Å²) in [6.07, 6.45) is 4.57. The van der Waals surface area contributed by atoms with Crippen molar-refractivity contribution < 1.29 is 9.53 Å². The van der Waals surface area contributed by atoms with Crippen molar-refractivity contribution in [3.63, 3.8) is 0 Å². The second kappa shape index (κ2) is 12.7. The van der Waals surface area contributed by atoms with Crippen LogP contribution in [-0.2, 0) is 35.6 Å². The first-order valence-corrected chi connectivity index (χ1v) is 13.8. The summed E-state index contributed by atoms with van der Waals surface area (Å²) in [5.41, 5.74) is 4.52. The van der Waals surface area contributed by atoms with Crippen LogP contribution in [0.1, 0.15) is 74.4 Å². The molecule has 0 saturated heterocycles. The Kier molecular flexibility index (Phi) is 9.13. The number of ether oxygens (including phenoxy) is 1. The zero-order chi connectivity index (χ0) is 29.6. The van der Waals surface area contributed by atoms with Crippen molar-refractivity contribution >= 4 is 5.97 Å². The van der Waals surface area contributed by atoms with E-state index in [4.69, 9.17) is 9.72 Å². The fraction of sp³-hybridized carbons (Fsp3) is 0.375. The summed E-state index contributed by atoms with van der Waals surface area (Å²) < 4.78 is 8.52. The zero-order valence-electron chi connectivity index (χ0n) is 24.3. The lowest BCUT2D eigenvalue weighted by Gasteiger charge is -2.16. The van der Waals surface area contributed by atoms with E-state index in [0.717, 1.165) is 35.4 Å². The van der Waals surface area contributed by atoms with Gasteiger partial charge >= 0.3 is 5.97 Å². The number of esters is 1. The molecule has 2 aromatic heterocycles. The Morgan fingerprint density at radius 1 is 1.10 bits per heavy atom.